The molecule has 32 heavy (non-hydrogen) atoms. The van der Waals surface area contributed by atoms with Crippen molar-refractivity contribution >= 4 is 51.9 Å². The highest BCUT2D eigenvalue weighted by Crippen LogP contribution is 2.25. The molecule has 1 saturated heterocycles. The molecule has 9 nitrogen and oxygen atoms in total. The summed E-state index contributed by atoms with van der Waals surface area (Å²) >= 11 is 0. The molecule has 5 rings (SSSR count). The van der Waals surface area contributed by atoms with Gasteiger partial charge in [-0.3, -0.25) is 4.79 Å². The van der Waals surface area contributed by atoms with Gasteiger partial charge in [-0.1, -0.05) is 5.21 Å². The molecule has 0 bridgehead atoms. The third kappa shape index (κ3) is 4.09. The van der Waals surface area contributed by atoms with Gasteiger partial charge in [0.05, 0.1) is 0 Å². The standard InChI is InChI=1S/C22H24N8O.ClH/c1-14(2)30-20-18(27-28-30)8-5-16-13-24-22(26-19(16)20)25-17-6-3-15(4-7-17)21(31)29-11-9-23-10-12-29;/h3-8,13-14,23H,9-12H2,1-2H3,(H,24,25,26);1H. The summed E-state index contributed by atoms with van der Waals surface area (Å²) in [5.41, 5.74) is 4.01. The lowest BCUT2D eigenvalue weighted by atomic mass is 10.1. The van der Waals surface area contributed by atoms with Crippen molar-refractivity contribution in [2.24, 2.45) is 0 Å². The molecule has 0 unspecified atom stereocenters. The summed E-state index contributed by atoms with van der Waals surface area (Å²) in [6.45, 7) is 7.28. The van der Waals surface area contributed by atoms with Crippen molar-refractivity contribution in [3.63, 3.8) is 0 Å². The van der Waals surface area contributed by atoms with Gasteiger partial charge in [0.2, 0.25) is 5.95 Å². The number of amides is 1. The molecule has 0 atom stereocenters. The molecular weight excluding hydrogens is 428 g/mol. The number of carbonyl (C=O) groups is 1. The maximum atomic E-state index is 12.6. The maximum Gasteiger partial charge on any atom is 0.253 e. The quantitative estimate of drug-likeness (QED) is 0.490. The first kappa shape index (κ1) is 21.9. The molecule has 0 radical (unpaired) electrons. The number of carbonyl (C=O) groups excluding carboxylic acids is 1. The van der Waals surface area contributed by atoms with Crippen LogP contribution in [-0.4, -0.2) is 61.9 Å². The number of benzene rings is 2. The van der Waals surface area contributed by atoms with Crippen LogP contribution in [0.4, 0.5) is 11.6 Å². The first-order valence-electron chi connectivity index (χ1n) is 10.5. The van der Waals surface area contributed by atoms with Crippen LogP contribution in [0, 0.1) is 0 Å². The van der Waals surface area contributed by atoms with Crippen molar-refractivity contribution in [2.45, 2.75) is 19.9 Å². The number of halogens is 1. The number of anilines is 2. The third-order valence-electron chi connectivity index (χ3n) is 5.46. The van der Waals surface area contributed by atoms with E-state index in [2.05, 4.69) is 39.8 Å². The smallest absolute Gasteiger partial charge is 0.253 e. The molecule has 2 N–H and O–H groups in total. The van der Waals surface area contributed by atoms with Gasteiger partial charge in [-0.05, 0) is 50.2 Å². The van der Waals surface area contributed by atoms with Gasteiger partial charge >= 0.3 is 0 Å². The van der Waals surface area contributed by atoms with Gasteiger partial charge < -0.3 is 15.5 Å². The van der Waals surface area contributed by atoms with Crippen molar-refractivity contribution in [1.82, 2.24) is 35.2 Å². The second-order valence-electron chi connectivity index (χ2n) is 7.94. The number of nitrogens with one attached hydrogen (secondary N) is 2. The molecule has 1 amide bonds. The van der Waals surface area contributed by atoms with E-state index in [9.17, 15) is 4.79 Å². The summed E-state index contributed by atoms with van der Waals surface area (Å²) in [6.07, 6.45) is 1.80. The molecule has 1 aliphatic rings. The lowest BCUT2D eigenvalue weighted by Crippen LogP contribution is -2.46. The minimum Gasteiger partial charge on any atom is -0.336 e. The Kier molecular flexibility index (Phi) is 6.20. The molecule has 0 aliphatic carbocycles. The number of aromatic nitrogens is 5. The number of fused-ring (bicyclic) bond motifs is 3. The number of rotatable bonds is 4. The number of nitrogens with zero attached hydrogens (tertiary/aromatic N) is 6. The molecule has 1 aliphatic heterocycles. The highest BCUT2D eigenvalue weighted by molar-refractivity contribution is 6.01. The lowest BCUT2D eigenvalue weighted by Gasteiger charge is -2.27. The highest BCUT2D eigenvalue weighted by Gasteiger charge is 2.18. The fourth-order valence-corrected chi connectivity index (χ4v) is 3.82. The van der Waals surface area contributed by atoms with Crippen molar-refractivity contribution in [3.05, 3.63) is 48.2 Å². The number of piperazine rings is 1. The zero-order valence-electron chi connectivity index (χ0n) is 17.9. The molecule has 4 aromatic rings. The van der Waals surface area contributed by atoms with Gasteiger partial charge in [0.25, 0.3) is 5.91 Å². The van der Waals surface area contributed by atoms with Crippen molar-refractivity contribution in [3.8, 4) is 0 Å². The summed E-state index contributed by atoms with van der Waals surface area (Å²) in [6, 6.07) is 11.5. The zero-order chi connectivity index (χ0) is 21.4. The normalized spacial score (nSPS) is 14.0. The van der Waals surface area contributed by atoms with Gasteiger partial charge in [-0.2, -0.15) is 0 Å². The average Bonchev–Trinajstić information content (AvgIpc) is 3.25. The largest absolute Gasteiger partial charge is 0.336 e. The van der Waals surface area contributed by atoms with E-state index in [0.29, 0.717) is 11.5 Å². The van der Waals surface area contributed by atoms with Crippen LogP contribution in [0.1, 0.15) is 30.2 Å². The molecule has 2 aromatic heterocycles. The van der Waals surface area contributed by atoms with E-state index in [-0.39, 0.29) is 24.4 Å². The predicted molar refractivity (Wildman–Crippen MR) is 127 cm³/mol. The molecule has 166 valence electrons. The van der Waals surface area contributed by atoms with Gasteiger partial charge in [-0.15, -0.1) is 17.5 Å². The predicted octanol–water partition coefficient (Wildman–Crippen LogP) is 3.17. The van der Waals surface area contributed by atoms with Crippen LogP contribution in [0.2, 0.25) is 0 Å². The molecular formula is C22H25ClN8O. The Morgan fingerprint density at radius 1 is 1.09 bits per heavy atom. The molecule has 3 heterocycles. The van der Waals surface area contributed by atoms with Crippen LogP contribution in [-0.2, 0) is 0 Å². The van der Waals surface area contributed by atoms with Gasteiger partial charge in [0.15, 0.2) is 0 Å². The highest BCUT2D eigenvalue weighted by atomic mass is 35.5. The Morgan fingerprint density at radius 3 is 2.56 bits per heavy atom. The van der Waals surface area contributed by atoms with Gasteiger partial charge in [-0.25, -0.2) is 14.6 Å². The van der Waals surface area contributed by atoms with Crippen LogP contribution in [0.5, 0.6) is 0 Å². The Hall–Kier alpha value is -3.30. The number of hydrogen-bond donors (Lipinski definition) is 2. The fraction of sp³-hybridized carbons (Fsp3) is 0.318. The minimum absolute atomic E-state index is 0. The summed E-state index contributed by atoms with van der Waals surface area (Å²) < 4.78 is 1.88. The molecule has 0 saturated carbocycles. The van der Waals surface area contributed by atoms with Crippen LogP contribution in [0.25, 0.3) is 21.9 Å². The SMILES string of the molecule is CC(C)n1nnc2ccc3cnc(Nc4ccc(C(=O)N5CCNCC5)cc4)nc3c21.Cl. The Bertz CT molecular complexity index is 1250. The second-order valence-corrected chi connectivity index (χ2v) is 7.94. The first-order chi connectivity index (χ1) is 15.1. The summed E-state index contributed by atoms with van der Waals surface area (Å²) in [7, 11) is 0. The Labute approximate surface area is 191 Å². The number of hydrogen-bond acceptors (Lipinski definition) is 7. The molecule has 1 fully saturated rings. The monoisotopic (exact) mass is 452 g/mol. The third-order valence-corrected chi connectivity index (χ3v) is 5.46. The van der Waals surface area contributed by atoms with Crippen molar-refractivity contribution < 1.29 is 4.79 Å². The van der Waals surface area contributed by atoms with Crippen LogP contribution in [0.3, 0.4) is 0 Å². The topological polar surface area (TPSA) is 101 Å². The van der Waals surface area contributed by atoms with E-state index in [0.717, 1.165) is 53.8 Å². The van der Waals surface area contributed by atoms with E-state index in [4.69, 9.17) is 4.98 Å². The summed E-state index contributed by atoms with van der Waals surface area (Å²) in [4.78, 5) is 23.7. The van der Waals surface area contributed by atoms with Crippen LogP contribution >= 0.6 is 12.4 Å². The van der Waals surface area contributed by atoms with Gasteiger partial charge in [0.1, 0.15) is 16.6 Å². The van der Waals surface area contributed by atoms with E-state index in [1.54, 1.807) is 6.20 Å². The molecule has 2 aromatic carbocycles. The van der Waals surface area contributed by atoms with E-state index < -0.39 is 0 Å². The lowest BCUT2D eigenvalue weighted by molar-refractivity contribution is 0.0736. The summed E-state index contributed by atoms with van der Waals surface area (Å²) in [5, 5.41) is 16.0. The van der Waals surface area contributed by atoms with E-state index in [1.807, 2.05) is 46.0 Å². The Balaban J connectivity index is 0.00000245. The zero-order valence-corrected chi connectivity index (χ0v) is 18.8. The molecule has 10 heteroatoms. The van der Waals surface area contributed by atoms with Crippen molar-refractivity contribution in [2.75, 3.05) is 31.5 Å². The fourth-order valence-electron chi connectivity index (χ4n) is 3.82. The first-order valence-corrected chi connectivity index (χ1v) is 10.5. The van der Waals surface area contributed by atoms with Crippen molar-refractivity contribution in [1.29, 1.82) is 0 Å². The summed E-state index contributed by atoms with van der Waals surface area (Å²) in [5.74, 6) is 0.546. The minimum atomic E-state index is 0. The van der Waals surface area contributed by atoms with Crippen LogP contribution < -0.4 is 10.6 Å². The second kappa shape index (κ2) is 9.05. The van der Waals surface area contributed by atoms with E-state index in [1.165, 1.54) is 0 Å². The van der Waals surface area contributed by atoms with Crippen LogP contribution in [0.15, 0.2) is 42.6 Å². The maximum absolute atomic E-state index is 12.6. The molecule has 0 spiro atoms. The Morgan fingerprint density at radius 2 is 1.84 bits per heavy atom. The van der Waals surface area contributed by atoms with E-state index >= 15 is 0 Å². The average molecular weight is 453 g/mol. The van der Waals surface area contributed by atoms with Gasteiger partial charge in [0, 0.05) is 55.1 Å².